The van der Waals surface area contributed by atoms with Gasteiger partial charge in [0.05, 0.1) is 12.7 Å². The first kappa shape index (κ1) is 43.1. The first-order valence-corrected chi connectivity index (χ1v) is 21.8. The van der Waals surface area contributed by atoms with E-state index in [0.717, 1.165) is 38.8 Å². The summed E-state index contributed by atoms with van der Waals surface area (Å²) in [5.41, 5.74) is 0. The Bertz CT molecular complexity index is 671. The molecule has 1 fully saturated rings. The predicted octanol–water partition coefficient (Wildman–Crippen LogP) is 13.0. The van der Waals surface area contributed by atoms with Gasteiger partial charge in [0.15, 0.2) is 5.79 Å². The Morgan fingerprint density at radius 3 is 1.69 bits per heavy atom. The first-order valence-electron chi connectivity index (χ1n) is 19.5. The third-order valence-corrected chi connectivity index (χ3v) is 11.5. The zero-order chi connectivity index (χ0) is 32.5. The third-order valence-electron chi connectivity index (χ3n) is 8.98. The fourth-order valence-electron chi connectivity index (χ4n) is 6.04. The van der Waals surface area contributed by atoms with Crippen LogP contribution in [0.4, 0.5) is 0 Å². The molecule has 1 aliphatic heterocycles. The lowest BCUT2D eigenvalue weighted by atomic mass is 9.98. The van der Waals surface area contributed by atoms with E-state index in [1.165, 1.54) is 151 Å². The van der Waals surface area contributed by atoms with Crippen molar-refractivity contribution >= 4 is 23.5 Å². The zero-order valence-electron chi connectivity index (χ0n) is 30.7. The molecule has 3 nitrogen and oxygen atoms in total. The molecule has 0 bridgehead atoms. The van der Waals surface area contributed by atoms with E-state index >= 15 is 0 Å². The quantitative estimate of drug-likeness (QED) is 0.0386. The maximum absolute atomic E-state index is 6.68. The molecule has 0 spiro atoms. The van der Waals surface area contributed by atoms with E-state index in [9.17, 15) is 0 Å². The number of ether oxygens (including phenoxy) is 2. The summed E-state index contributed by atoms with van der Waals surface area (Å²) in [6.45, 7) is 6.42. The predicted molar refractivity (Wildman–Crippen MR) is 207 cm³/mol. The highest BCUT2D eigenvalue weighted by Gasteiger charge is 2.40. The molecule has 0 aliphatic carbocycles. The van der Waals surface area contributed by atoms with Crippen LogP contribution in [0.25, 0.3) is 0 Å². The van der Waals surface area contributed by atoms with Crippen LogP contribution >= 0.6 is 23.5 Å². The number of nitrogens with zero attached hydrogens (tertiary/aromatic N) is 1. The Hall–Kier alpha value is 0.0600. The summed E-state index contributed by atoms with van der Waals surface area (Å²) < 4.78 is 13.1. The van der Waals surface area contributed by atoms with Crippen LogP contribution in [-0.2, 0) is 9.47 Å². The molecule has 5 heteroatoms. The second-order valence-corrected chi connectivity index (χ2v) is 16.3. The lowest BCUT2D eigenvalue weighted by Gasteiger charge is -2.29. The summed E-state index contributed by atoms with van der Waals surface area (Å²) in [5, 5.41) is 1.29. The van der Waals surface area contributed by atoms with E-state index in [1.54, 1.807) is 0 Å². The summed E-state index contributed by atoms with van der Waals surface area (Å²) in [6.07, 6.45) is 42.1. The van der Waals surface area contributed by atoms with Crippen molar-refractivity contribution in [1.29, 1.82) is 0 Å². The highest BCUT2D eigenvalue weighted by atomic mass is 32.2. The van der Waals surface area contributed by atoms with Crippen LogP contribution in [0.3, 0.4) is 0 Å². The van der Waals surface area contributed by atoms with E-state index in [-0.39, 0.29) is 11.9 Å². The van der Waals surface area contributed by atoms with Crippen molar-refractivity contribution in [3.63, 3.8) is 0 Å². The fourth-order valence-corrected chi connectivity index (χ4v) is 8.27. The number of rotatable bonds is 34. The van der Waals surface area contributed by atoms with Gasteiger partial charge in [-0.25, -0.2) is 0 Å². The zero-order valence-corrected chi connectivity index (χ0v) is 32.3. The van der Waals surface area contributed by atoms with Crippen LogP contribution in [-0.4, -0.2) is 60.6 Å². The molecule has 1 heterocycles. The monoisotopic (exact) mass is 668 g/mol. The molecule has 266 valence electrons. The van der Waals surface area contributed by atoms with Crippen molar-refractivity contribution in [2.24, 2.45) is 0 Å². The number of allylic oxidation sites excluding steroid dienone is 4. The van der Waals surface area contributed by atoms with Crippen LogP contribution in [0.5, 0.6) is 0 Å². The minimum atomic E-state index is -0.308. The van der Waals surface area contributed by atoms with Gasteiger partial charge in [-0.05, 0) is 89.8 Å². The summed E-state index contributed by atoms with van der Waals surface area (Å²) in [5.74, 6) is 2.39. The highest BCUT2D eigenvalue weighted by Crippen LogP contribution is 2.35. The Kier molecular flexibility index (Phi) is 31.2. The number of thioether (sulfide) groups is 2. The van der Waals surface area contributed by atoms with E-state index in [2.05, 4.69) is 80.7 Å². The van der Waals surface area contributed by atoms with E-state index in [4.69, 9.17) is 9.47 Å². The van der Waals surface area contributed by atoms with Crippen molar-refractivity contribution in [3.8, 4) is 0 Å². The Balaban J connectivity index is 2.13. The Morgan fingerprint density at radius 1 is 0.622 bits per heavy atom. The van der Waals surface area contributed by atoms with Crippen molar-refractivity contribution in [1.82, 2.24) is 4.90 Å². The van der Waals surface area contributed by atoms with Crippen molar-refractivity contribution in [2.45, 2.75) is 186 Å². The molecule has 0 radical (unpaired) electrons. The molecule has 1 rings (SSSR count). The van der Waals surface area contributed by atoms with E-state index in [1.807, 2.05) is 0 Å². The van der Waals surface area contributed by atoms with Crippen LogP contribution < -0.4 is 0 Å². The van der Waals surface area contributed by atoms with Gasteiger partial charge in [-0.3, -0.25) is 0 Å². The van der Waals surface area contributed by atoms with Gasteiger partial charge in [-0.2, -0.15) is 23.5 Å². The maximum atomic E-state index is 6.68. The molecule has 2 atom stereocenters. The molecule has 1 saturated heterocycles. The molecule has 0 saturated carbocycles. The van der Waals surface area contributed by atoms with Gasteiger partial charge in [-0.15, -0.1) is 0 Å². The molecule has 45 heavy (non-hydrogen) atoms. The van der Waals surface area contributed by atoms with E-state index < -0.39 is 0 Å². The van der Waals surface area contributed by atoms with Gasteiger partial charge in [0.25, 0.3) is 0 Å². The van der Waals surface area contributed by atoms with Crippen LogP contribution in [0.2, 0.25) is 0 Å². The number of hydrogen-bond donors (Lipinski definition) is 0. The van der Waals surface area contributed by atoms with Crippen molar-refractivity contribution in [2.75, 3.05) is 43.8 Å². The summed E-state index contributed by atoms with van der Waals surface area (Å²) in [4.78, 5) is 2.26. The largest absolute Gasteiger partial charge is 0.347 e. The maximum Gasteiger partial charge on any atom is 0.168 e. The SMILES string of the molecule is CCCCC/C=C\C/C=C\CCCCCCCCC1(CCCCCCCCCSCSCCCCC)OCC(CCN(C)C)O1. The Morgan fingerprint density at radius 2 is 1.11 bits per heavy atom. The average Bonchev–Trinajstić information content (AvgIpc) is 3.44. The van der Waals surface area contributed by atoms with E-state index in [0.29, 0.717) is 0 Å². The summed E-state index contributed by atoms with van der Waals surface area (Å²) in [6, 6.07) is 0. The molecular formula is C40H77NO2S2. The van der Waals surface area contributed by atoms with Gasteiger partial charge >= 0.3 is 0 Å². The summed E-state index contributed by atoms with van der Waals surface area (Å²) >= 11 is 4.28. The smallest absolute Gasteiger partial charge is 0.168 e. The molecular weight excluding hydrogens is 591 g/mol. The lowest BCUT2D eigenvalue weighted by Crippen LogP contribution is -2.31. The standard InChI is InChI=1S/C40H77NO2S2/c1-5-7-9-10-11-12-13-14-15-16-17-18-19-21-24-27-32-40(42-37-39(43-40)31-34-41(3)4)33-28-25-22-20-23-26-30-36-45-38-44-35-29-8-6-2/h11-12,14-15,39H,5-10,13,16-38H2,1-4H3/b12-11-,15-14-. The normalized spacial score (nSPS) is 18.8. The lowest BCUT2D eigenvalue weighted by molar-refractivity contribution is -0.180. The highest BCUT2D eigenvalue weighted by molar-refractivity contribution is 8.15. The molecule has 0 N–H and O–H groups in total. The second-order valence-electron chi connectivity index (χ2n) is 13.8. The second kappa shape index (κ2) is 32.6. The minimum absolute atomic E-state index is 0.268. The molecule has 0 aromatic carbocycles. The molecule has 1 aliphatic rings. The third kappa shape index (κ3) is 27.7. The number of unbranched alkanes of at least 4 members (excludes halogenated alkanes) is 17. The first-order chi connectivity index (χ1) is 22.1. The van der Waals surface area contributed by atoms with Gasteiger partial charge in [-0.1, -0.05) is 122 Å². The molecule has 2 unspecified atom stereocenters. The minimum Gasteiger partial charge on any atom is -0.347 e. The van der Waals surface area contributed by atoms with Crippen molar-refractivity contribution in [3.05, 3.63) is 24.3 Å². The molecule has 0 aromatic rings. The van der Waals surface area contributed by atoms with Crippen LogP contribution in [0.1, 0.15) is 174 Å². The number of hydrogen-bond acceptors (Lipinski definition) is 5. The van der Waals surface area contributed by atoms with Gasteiger partial charge < -0.3 is 14.4 Å². The van der Waals surface area contributed by atoms with Gasteiger partial charge in [0.1, 0.15) is 0 Å². The summed E-state index contributed by atoms with van der Waals surface area (Å²) in [7, 11) is 4.31. The fraction of sp³-hybridized carbons (Fsp3) is 0.900. The Labute approximate surface area is 291 Å². The van der Waals surface area contributed by atoms with Gasteiger partial charge in [0.2, 0.25) is 0 Å². The van der Waals surface area contributed by atoms with Crippen LogP contribution in [0.15, 0.2) is 24.3 Å². The van der Waals surface area contributed by atoms with Crippen molar-refractivity contribution < 1.29 is 9.47 Å². The molecule has 0 aromatic heterocycles. The van der Waals surface area contributed by atoms with Gasteiger partial charge in [0, 0.05) is 24.5 Å². The topological polar surface area (TPSA) is 21.7 Å². The molecule has 0 amide bonds. The average molecular weight is 668 g/mol. The van der Waals surface area contributed by atoms with Crippen LogP contribution in [0, 0.1) is 0 Å².